The van der Waals surface area contributed by atoms with Gasteiger partial charge in [-0.1, -0.05) is 6.07 Å². The fourth-order valence-electron chi connectivity index (χ4n) is 2.27. The number of carbonyl (C=O) groups is 3. The van der Waals surface area contributed by atoms with Crippen molar-refractivity contribution in [2.75, 3.05) is 4.90 Å². The minimum atomic E-state index is -0.871. The van der Waals surface area contributed by atoms with Crippen molar-refractivity contribution in [3.8, 4) is 11.5 Å². The van der Waals surface area contributed by atoms with E-state index < -0.39 is 17.8 Å². The van der Waals surface area contributed by atoms with Crippen molar-refractivity contribution < 1.29 is 24.6 Å². The molecule has 1 saturated heterocycles. The number of phenols is 2. The molecule has 0 spiro atoms. The molecule has 0 radical (unpaired) electrons. The molecule has 0 atom stereocenters. The van der Waals surface area contributed by atoms with Crippen LogP contribution in [-0.2, 0) is 9.59 Å². The molecule has 0 saturated carbocycles. The van der Waals surface area contributed by atoms with E-state index in [-0.39, 0.29) is 22.8 Å². The molecule has 2 aromatic rings. The maximum absolute atomic E-state index is 12.6. The van der Waals surface area contributed by atoms with E-state index >= 15 is 0 Å². The smallest absolute Gasteiger partial charge is 0.335 e. The average Bonchev–Trinajstić information content (AvgIpc) is 2.56. The Morgan fingerprint density at radius 2 is 1.68 bits per heavy atom. The van der Waals surface area contributed by atoms with Crippen molar-refractivity contribution in [3.05, 3.63) is 58.1 Å². The molecule has 1 fully saturated rings. The molecule has 0 aliphatic carbocycles. The van der Waals surface area contributed by atoms with E-state index in [0.717, 1.165) is 4.90 Å². The fourth-order valence-corrected chi connectivity index (χ4v) is 2.67. The van der Waals surface area contributed by atoms with E-state index in [2.05, 4.69) is 21.2 Å². The maximum Gasteiger partial charge on any atom is 0.335 e. The Bertz CT molecular complexity index is 921. The van der Waals surface area contributed by atoms with Crippen molar-refractivity contribution in [1.82, 2.24) is 5.32 Å². The van der Waals surface area contributed by atoms with Gasteiger partial charge in [-0.2, -0.15) is 0 Å². The second-order valence-electron chi connectivity index (χ2n) is 5.19. The topological polar surface area (TPSA) is 107 Å². The van der Waals surface area contributed by atoms with Gasteiger partial charge >= 0.3 is 6.03 Å². The number of imide groups is 2. The van der Waals surface area contributed by atoms with Gasteiger partial charge in [0.05, 0.1) is 10.2 Å². The zero-order valence-corrected chi connectivity index (χ0v) is 14.1. The number of hydrogen-bond donors (Lipinski definition) is 3. The van der Waals surface area contributed by atoms with Gasteiger partial charge in [-0.05, 0) is 64.0 Å². The lowest BCUT2D eigenvalue weighted by Crippen LogP contribution is -2.54. The maximum atomic E-state index is 12.6. The van der Waals surface area contributed by atoms with Gasteiger partial charge in [0, 0.05) is 0 Å². The van der Waals surface area contributed by atoms with Gasteiger partial charge in [-0.15, -0.1) is 0 Å². The summed E-state index contributed by atoms with van der Waals surface area (Å²) in [4.78, 5) is 37.5. The van der Waals surface area contributed by atoms with E-state index in [9.17, 15) is 24.6 Å². The lowest BCUT2D eigenvalue weighted by molar-refractivity contribution is -0.122. The monoisotopic (exact) mass is 402 g/mol. The second kappa shape index (κ2) is 6.40. The number of benzene rings is 2. The molecule has 8 heteroatoms. The van der Waals surface area contributed by atoms with Crippen molar-refractivity contribution in [1.29, 1.82) is 0 Å². The number of urea groups is 1. The van der Waals surface area contributed by atoms with Crippen LogP contribution in [0.4, 0.5) is 10.5 Å². The first kappa shape index (κ1) is 16.7. The Labute approximate surface area is 150 Å². The number of phenolic OH excluding ortho intramolecular Hbond substituents is 2. The summed E-state index contributed by atoms with van der Waals surface area (Å²) in [5.41, 5.74) is 0.471. The van der Waals surface area contributed by atoms with Crippen LogP contribution in [0.5, 0.6) is 11.5 Å². The highest BCUT2D eigenvalue weighted by Gasteiger charge is 2.36. The van der Waals surface area contributed by atoms with Gasteiger partial charge in [0.1, 0.15) is 17.1 Å². The first-order valence-corrected chi connectivity index (χ1v) is 7.85. The van der Waals surface area contributed by atoms with Crippen LogP contribution in [0.2, 0.25) is 0 Å². The normalized spacial score (nSPS) is 16.3. The summed E-state index contributed by atoms with van der Waals surface area (Å²) in [5.74, 6) is -1.60. The van der Waals surface area contributed by atoms with Gasteiger partial charge in [0.25, 0.3) is 11.8 Å². The van der Waals surface area contributed by atoms with Crippen LogP contribution in [0.3, 0.4) is 0 Å². The third kappa shape index (κ3) is 3.24. The van der Waals surface area contributed by atoms with Crippen molar-refractivity contribution >= 4 is 45.5 Å². The predicted molar refractivity (Wildman–Crippen MR) is 92.9 cm³/mol. The molecule has 25 heavy (non-hydrogen) atoms. The third-order valence-electron chi connectivity index (χ3n) is 3.49. The lowest BCUT2D eigenvalue weighted by atomic mass is 10.1. The quantitative estimate of drug-likeness (QED) is 0.528. The third-order valence-corrected chi connectivity index (χ3v) is 4.13. The van der Waals surface area contributed by atoms with Crippen LogP contribution in [0.15, 0.2) is 52.5 Å². The van der Waals surface area contributed by atoms with Crippen molar-refractivity contribution in [3.63, 3.8) is 0 Å². The van der Waals surface area contributed by atoms with Crippen LogP contribution in [0, 0.1) is 0 Å². The first-order chi connectivity index (χ1) is 11.9. The molecule has 1 aliphatic heterocycles. The van der Waals surface area contributed by atoms with Gasteiger partial charge in [-0.25, -0.2) is 9.69 Å². The van der Waals surface area contributed by atoms with Crippen molar-refractivity contribution in [2.24, 2.45) is 0 Å². The zero-order valence-electron chi connectivity index (χ0n) is 12.6. The highest BCUT2D eigenvalue weighted by Crippen LogP contribution is 2.27. The number of rotatable bonds is 2. The number of aromatic hydroxyl groups is 2. The Hall–Kier alpha value is -3.13. The molecule has 0 bridgehead atoms. The van der Waals surface area contributed by atoms with Gasteiger partial charge < -0.3 is 10.2 Å². The summed E-state index contributed by atoms with van der Waals surface area (Å²) in [6.45, 7) is 0. The summed E-state index contributed by atoms with van der Waals surface area (Å²) in [7, 11) is 0. The van der Waals surface area contributed by atoms with E-state index in [0.29, 0.717) is 10.0 Å². The molecular formula is C17H11BrN2O5. The largest absolute Gasteiger partial charge is 0.508 e. The van der Waals surface area contributed by atoms with Crippen LogP contribution in [0.25, 0.3) is 6.08 Å². The summed E-state index contributed by atoms with van der Waals surface area (Å²) in [6.07, 6.45) is 1.32. The standard InChI is InChI=1S/C17H11BrN2O5/c18-13-8-9(1-6-14(13)22)7-12-15(23)19-17(25)20(16(12)24)10-2-4-11(21)5-3-10/h1-8,21-22H,(H,19,23,25)/b12-7+. The van der Waals surface area contributed by atoms with Crippen molar-refractivity contribution in [2.45, 2.75) is 0 Å². The lowest BCUT2D eigenvalue weighted by Gasteiger charge is -2.26. The van der Waals surface area contributed by atoms with Crippen LogP contribution < -0.4 is 10.2 Å². The second-order valence-corrected chi connectivity index (χ2v) is 6.04. The minimum Gasteiger partial charge on any atom is -0.508 e. The summed E-state index contributed by atoms with van der Waals surface area (Å²) in [6, 6.07) is 9.02. The van der Waals surface area contributed by atoms with Crippen LogP contribution in [-0.4, -0.2) is 28.1 Å². The molecule has 0 unspecified atom stereocenters. The number of nitrogens with one attached hydrogen (secondary N) is 1. The number of carbonyl (C=O) groups excluding carboxylic acids is 3. The Morgan fingerprint density at radius 1 is 1.00 bits per heavy atom. The summed E-state index contributed by atoms with van der Waals surface area (Å²) in [5, 5.41) is 20.9. The number of hydrogen-bond acceptors (Lipinski definition) is 5. The highest BCUT2D eigenvalue weighted by atomic mass is 79.9. The van der Waals surface area contributed by atoms with Crippen LogP contribution >= 0.6 is 15.9 Å². The molecule has 1 aliphatic rings. The Morgan fingerprint density at radius 3 is 2.32 bits per heavy atom. The highest BCUT2D eigenvalue weighted by molar-refractivity contribution is 9.10. The molecule has 3 rings (SSSR count). The minimum absolute atomic E-state index is 0.0162. The van der Waals surface area contributed by atoms with E-state index in [1.165, 1.54) is 48.5 Å². The summed E-state index contributed by atoms with van der Waals surface area (Å²) >= 11 is 3.15. The molecule has 2 aromatic carbocycles. The fraction of sp³-hybridized carbons (Fsp3) is 0. The average molecular weight is 403 g/mol. The van der Waals surface area contributed by atoms with Gasteiger partial charge in [-0.3, -0.25) is 14.9 Å². The molecule has 1 heterocycles. The number of barbiturate groups is 1. The first-order valence-electron chi connectivity index (χ1n) is 7.06. The predicted octanol–water partition coefficient (Wildman–Crippen LogP) is 2.53. The molecule has 0 aromatic heterocycles. The summed E-state index contributed by atoms with van der Waals surface area (Å²) < 4.78 is 0.400. The van der Waals surface area contributed by atoms with E-state index in [1.54, 1.807) is 0 Å². The van der Waals surface area contributed by atoms with E-state index in [4.69, 9.17) is 0 Å². The Balaban J connectivity index is 2.01. The van der Waals surface area contributed by atoms with Gasteiger partial charge in [0.2, 0.25) is 0 Å². The molecule has 126 valence electrons. The number of nitrogens with zero attached hydrogens (tertiary/aromatic N) is 1. The number of halogens is 1. The molecular weight excluding hydrogens is 392 g/mol. The SMILES string of the molecule is O=C1NC(=O)N(c2ccc(O)cc2)C(=O)/C1=C/c1ccc(O)c(Br)c1. The Kier molecular flexibility index (Phi) is 4.28. The molecule has 3 N–H and O–H groups in total. The molecule has 4 amide bonds. The number of amides is 4. The zero-order chi connectivity index (χ0) is 18.1. The van der Waals surface area contributed by atoms with Crippen LogP contribution in [0.1, 0.15) is 5.56 Å². The molecule has 7 nitrogen and oxygen atoms in total. The van der Waals surface area contributed by atoms with Gasteiger partial charge in [0.15, 0.2) is 0 Å². The van der Waals surface area contributed by atoms with E-state index in [1.807, 2.05) is 0 Å². The number of anilines is 1.